The number of hydroxylamine groups is 4. The van der Waals surface area contributed by atoms with Gasteiger partial charge >= 0.3 is 0 Å². The molecule has 2 spiro atoms. The van der Waals surface area contributed by atoms with Gasteiger partial charge in [0.25, 0.3) is 11.8 Å². The van der Waals surface area contributed by atoms with Crippen LogP contribution in [-0.4, -0.2) is 90.7 Å². The van der Waals surface area contributed by atoms with Gasteiger partial charge in [0.05, 0.1) is 57.1 Å². The van der Waals surface area contributed by atoms with E-state index in [-0.39, 0.29) is 65.7 Å². The minimum atomic E-state index is -1.17. The maximum absolute atomic E-state index is 14.2. The molecule has 6 saturated heterocycles. The van der Waals surface area contributed by atoms with Gasteiger partial charge in [-0.1, -0.05) is 43.3 Å². The molecule has 268 valence electrons. The Morgan fingerprint density at radius 2 is 1.49 bits per heavy atom. The number of aliphatic hydroxyl groups is 1. The first-order valence-corrected chi connectivity index (χ1v) is 18.6. The minimum absolute atomic E-state index is 0.0106. The first kappa shape index (κ1) is 31.3. The molecule has 2 saturated carbocycles. The largest absolute Gasteiger partial charge is 0.384 e. The van der Waals surface area contributed by atoms with Crippen LogP contribution in [0.15, 0.2) is 53.5 Å². The molecular weight excluding hydrogens is 652 g/mol. The van der Waals surface area contributed by atoms with Crippen LogP contribution in [0.1, 0.15) is 57.1 Å². The molecule has 0 aromatic heterocycles. The predicted molar refractivity (Wildman–Crippen MR) is 182 cm³/mol. The van der Waals surface area contributed by atoms with Crippen LogP contribution in [0.25, 0.3) is 0 Å². The van der Waals surface area contributed by atoms with Crippen LogP contribution in [0.4, 0.5) is 11.4 Å². The summed E-state index contributed by atoms with van der Waals surface area (Å²) in [7, 11) is 3.08. The lowest BCUT2D eigenvalue weighted by atomic mass is 9.68. The molecule has 1 N–H and O–H groups in total. The monoisotopic (exact) mass is 696 g/mol. The van der Waals surface area contributed by atoms with Crippen LogP contribution in [0, 0.1) is 29.6 Å². The summed E-state index contributed by atoms with van der Waals surface area (Å²) in [5.41, 5.74) is 0.926. The fourth-order valence-electron chi connectivity index (χ4n) is 12.8. The lowest BCUT2D eigenvalue weighted by Crippen LogP contribution is -2.54. The van der Waals surface area contributed by atoms with E-state index in [4.69, 9.17) is 29.0 Å². The van der Waals surface area contributed by atoms with E-state index in [2.05, 4.69) is 12.0 Å². The average Bonchev–Trinajstić information content (AvgIpc) is 3.68. The van der Waals surface area contributed by atoms with Gasteiger partial charge in [0.2, 0.25) is 0 Å². The van der Waals surface area contributed by atoms with Crippen molar-refractivity contribution in [2.45, 2.75) is 92.4 Å². The summed E-state index contributed by atoms with van der Waals surface area (Å²) >= 11 is 0. The predicted octanol–water partition coefficient (Wildman–Crippen LogP) is 3.45. The van der Waals surface area contributed by atoms with Gasteiger partial charge in [-0.2, -0.15) is 10.1 Å². The van der Waals surface area contributed by atoms with Crippen molar-refractivity contribution in [1.82, 2.24) is 5.06 Å². The number of aliphatic imine (C=N–C) groups is 1. The van der Waals surface area contributed by atoms with E-state index in [1.807, 2.05) is 55.5 Å². The van der Waals surface area contributed by atoms with Gasteiger partial charge in [-0.25, -0.2) is 0 Å². The van der Waals surface area contributed by atoms with E-state index in [1.54, 1.807) is 7.11 Å². The molecule has 12 heteroatoms. The van der Waals surface area contributed by atoms with Gasteiger partial charge < -0.3 is 14.6 Å². The van der Waals surface area contributed by atoms with Crippen LogP contribution in [0.2, 0.25) is 0 Å². The number of rotatable bonds is 6. The quantitative estimate of drug-likeness (QED) is 0.453. The third kappa shape index (κ3) is 3.54. The number of ether oxygens (including phenoxy) is 2. The van der Waals surface area contributed by atoms with Gasteiger partial charge in [-0.05, 0) is 62.3 Å². The molecule has 9 aliphatic heterocycles. The molecular formula is C39H44N4O8. The number of nitrogens with zero attached hydrogens (tertiary/aromatic N) is 4. The summed E-state index contributed by atoms with van der Waals surface area (Å²) in [6.45, 7) is 5.21. The van der Waals surface area contributed by atoms with Crippen LogP contribution in [0.3, 0.4) is 0 Å². The van der Waals surface area contributed by atoms with Crippen molar-refractivity contribution in [3.8, 4) is 0 Å². The number of hydrogen-bond acceptors (Lipinski definition) is 10. The highest BCUT2D eigenvalue weighted by Gasteiger charge is 2.80. The zero-order valence-corrected chi connectivity index (χ0v) is 29.4. The van der Waals surface area contributed by atoms with Gasteiger partial charge in [-0.3, -0.25) is 29.1 Å². The molecule has 11 aliphatic rings. The summed E-state index contributed by atoms with van der Waals surface area (Å²) in [6, 6.07) is 15.7. The van der Waals surface area contributed by atoms with Gasteiger partial charge in [0.1, 0.15) is 16.4 Å². The number of fused-ring (bicyclic) bond motifs is 5. The second kappa shape index (κ2) is 10.0. The summed E-state index contributed by atoms with van der Waals surface area (Å²) in [5.74, 6) is 0.360. The molecule has 51 heavy (non-hydrogen) atoms. The minimum Gasteiger partial charge on any atom is -0.384 e. The Labute approximate surface area is 296 Å². The Kier molecular flexibility index (Phi) is 6.17. The lowest BCUT2D eigenvalue weighted by molar-refractivity contribution is -0.139. The Bertz CT molecular complexity index is 1920. The van der Waals surface area contributed by atoms with E-state index >= 15 is 0 Å². The SMILES string of the molecule is CON1C(=O)[C@@]2(C[C@@H]3N=C([C@@](C)(O)C[C@@H](C)[C@@]45ON4[C@H]4C[C@@]6(C(=O)N(OC)c7ccccc76)[C@H]6C[C@@H]5[C@@H]4CO6)[C@@H]4C[C@H]2OC[C@H]34)c2ccccc21. The summed E-state index contributed by atoms with van der Waals surface area (Å²) in [4.78, 5) is 51.5. The molecule has 2 aromatic carbocycles. The number of anilines is 2. The van der Waals surface area contributed by atoms with E-state index in [1.165, 1.54) is 17.2 Å². The van der Waals surface area contributed by atoms with Crippen molar-refractivity contribution >= 4 is 28.9 Å². The molecule has 8 fully saturated rings. The molecule has 14 atom stereocenters. The molecule has 1 unspecified atom stereocenters. The van der Waals surface area contributed by atoms with Crippen molar-refractivity contribution in [2.75, 3.05) is 37.6 Å². The van der Waals surface area contributed by atoms with Crippen molar-refractivity contribution < 1.29 is 38.7 Å². The van der Waals surface area contributed by atoms with Gasteiger partial charge in [0.15, 0.2) is 5.72 Å². The standard InChI is InChI=1S/C39H44N4O8/c1-20(39-26-14-32-38(17-30(43(39)51-39)23(26)19-50-32)25-10-6-8-12-29(25)42(48-4)35(38)45)15-36(2,46)33-21-13-31-37(16-27(40-33)22(21)18-49-31)24-9-5-7-11-28(24)41(47-3)34(37)44/h5-12,20-23,26-27,30-32,46H,13-19H2,1-4H3/t20-,21-,22+,23+,26-,27+,30+,31-,32-,36+,37+,38+,39+,43?/m1/s1. The molecule has 12 nitrogen and oxygen atoms in total. The van der Waals surface area contributed by atoms with Crippen LogP contribution >= 0.6 is 0 Å². The molecule has 2 aliphatic carbocycles. The summed E-state index contributed by atoms with van der Waals surface area (Å²) in [6.07, 6.45) is 2.30. The maximum Gasteiger partial charge on any atom is 0.264 e. The fraction of sp³-hybridized carbons (Fsp3) is 0.615. The van der Waals surface area contributed by atoms with Gasteiger partial charge in [-0.15, -0.1) is 5.06 Å². The Morgan fingerprint density at radius 3 is 2.14 bits per heavy atom. The van der Waals surface area contributed by atoms with Crippen molar-refractivity contribution in [3.63, 3.8) is 0 Å². The van der Waals surface area contributed by atoms with Crippen LogP contribution < -0.4 is 10.1 Å². The number of carbonyl (C=O) groups is 2. The second-order valence-electron chi connectivity index (χ2n) is 16.8. The number of amides is 2. The molecule has 2 amide bonds. The zero-order valence-electron chi connectivity index (χ0n) is 29.4. The smallest absolute Gasteiger partial charge is 0.264 e. The molecule has 0 radical (unpaired) electrons. The summed E-state index contributed by atoms with van der Waals surface area (Å²) < 4.78 is 13.1. The second-order valence-corrected chi connectivity index (χ2v) is 16.8. The number of carbonyl (C=O) groups excluding carboxylic acids is 2. The average molecular weight is 697 g/mol. The first-order chi connectivity index (χ1) is 24.6. The topological polar surface area (TPSA) is 126 Å². The third-order valence-electron chi connectivity index (χ3n) is 14.8. The highest BCUT2D eigenvalue weighted by molar-refractivity contribution is 6.08. The van der Waals surface area contributed by atoms with Crippen molar-refractivity contribution in [2.24, 2.45) is 34.6 Å². The third-order valence-corrected chi connectivity index (χ3v) is 14.8. The molecule has 8 bridgehead atoms. The lowest BCUT2D eigenvalue weighted by Gasteiger charge is -2.42. The summed E-state index contributed by atoms with van der Waals surface area (Å²) in [5, 5.41) is 17.5. The molecule has 13 rings (SSSR count). The van der Waals surface area contributed by atoms with Crippen LogP contribution in [-0.2, 0) is 44.4 Å². The number of benzene rings is 2. The normalized spacial score (nSPS) is 45.1. The van der Waals surface area contributed by atoms with E-state index < -0.39 is 22.2 Å². The maximum atomic E-state index is 14.2. The number of para-hydroxylation sites is 2. The van der Waals surface area contributed by atoms with Gasteiger partial charge in [0, 0.05) is 41.3 Å². The highest BCUT2D eigenvalue weighted by atomic mass is 16.9. The van der Waals surface area contributed by atoms with Crippen molar-refractivity contribution in [1.29, 1.82) is 0 Å². The first-order valence-electron chi connectivity index (χ1n) is 18.6. The van der Waals surface area contributed by atoms with Crippen molar-refractivity contribution in [3.05, 3.63) is 59.7 Å². The van der Waals surface area contributed by atoms with Crippen LogP contribution in [0.5, 0.6) is 0 Å². The fourth-order valence-corrected chi connectivity index (χ4v) is 12.8. The Balaban J connectivity index is 0.881. The zero-order chi connectivity index (χ0) is 34.8. The number of hydrogen-bond donors (Lipinski definition) is 1. The van der Waals surface area contributed by atoms with E-state index in [0.717, 1.165) is 28.2 Å². The highest BCUT2D eigenvalue weighted by Crippen LogP contribution is 2.69. The Hall–Kier alpha value is -3.23. The van der Waals surface area contributed by atoms with E-state index in [0.29, 0.717) is 45.3 Å². The molecule has 2 aromatic rings. The molecule has 9 heterocycles. The Morgan fingerprint density at radius 1 is 0.902 bits per heavy atom. The van der Waals surface area contributed by atoms with E-state index in [9.17, 15) is 14.7 Å².